The second-order valence-electron chi connectivity index (χ2n) is 4.58. The van der Waals surface area contributed by atoms with Crippen LogP contribution in [0.4, 0.5) is 0 Å². The second kappa shape index (κ2) is 3.51. The highest BCUT2D eigenvalue weighted by atomic mass is 16.5. The lowest BCUT2D eigenvalue weighted by atomic mass is 10.0. The van der Waals surface area contributed by atoms with E-state index in [4.69, 9.17) is 0 Å². The molecule has 0 spiro atoms. The molecule has 0 heterocycles. The Kier molecular flexibility index (Phi) is 2.88. The average molecular weight is 202 g/mol. The van der Waals surface area contributed by atoms with Crippen LogP contribution in [0.2, 0.25) is 0 Å². The fourth-order valence-electron chi connectivity index (χ4n) is 2.19. The number of aliphatic hydroxyl groups excluding tert-OH is 2. The minimum atomic E-state index is -0.853. The van der Waals surface area contributed by atoms with Gasteiger partial charge in [-0.15, -0.1) is 0 Å². The van der Waals surface area contributed by atoms with Crippen molar-refractivity contribution in [3.05, 3.63) is 0 Å². The number of carbonyl (C=O) groups is 1. The molecular formula is C10H18O4. The number of carbonyl (C=O) groups excluding carboxylic acids is 1. The third kappa shape index (κ3) is 1.64. The summed E-state index contributed by atoms with van der Waals surface area (Å²) >= 11 is 0. The van der Waals surface area contributed by atoms with Crippen molar-refractivity contribution in [2.45, 2.75) is 33.0 Å². The van der Waals surface area contributed by atoms with Gasteiger partial charge in [-0.05, 0) is 12.3 Å². The molecule has 0 aromatic carbocycles. The third-order valence-electron chi connectivity index (χ3n) is 3.23. The molecule has 0 amide bonds. The Morgan fingerprint density at radius 2 is 1.93 bits per heavy atom. The Bertz CT molecular complexity index is 234. The summed E-state index contributed by atoms with van der Waals surface area (Å²) in [5, 5.41) is 18.9. The van der Waals surface area contributed by atoms with Gasteiger partial charge in [0.2, 0.25) is 0 Å². The molecule has 1 fully saturated rings. The lowest BCUT2D eigenvalue weighted by molar-refractivity contribution is -0.143. The number of hydrogen-bond acceptors (Lipinski definition) is 4. The maximum absolute atomic E-state index is 11.3. The molecule has 0 saturated heterocycles. The monoisotopic (exact) mass is 202 g/mol. The van der Waals surface area contributed by atoms with Crippen molar-refractivity contribution in [3.63, 3.8) is 0 Å². The zero-order valence-electron chi connectivity index (χ0n) is 9.02. The van der Waals surface area contributed by atoms with E-state index < -0.39 is 12.2 Å². The first-order valence-electron chi connectivity index (χ1n) is 4.78. The van der Waals surface area contributed by atoms with Crippen molar-refractivity contribution in [3.8, 4) is 0 Å². The Labute approximate surface area is 83.9 Å². The molecule has 1 aliphatic rings. The van der Waals surface area contributed by atoms with E-state index in [1.54, 1.807) is 0 Å². The smallest absolute Gasteiger partial charge is 0.309 e. The van der Waals surface area contributed by atoms with Gasteiger partial charge in [0.1, 0.15) is 0 Å². The van der Waals surface area contributed by atoms with Crippen molar-refractivity contribution in [2.75, 3.05) is 7.11 Å². The van der Waals surface area contributed by atoms with E-state index in [2.05, 4.69) is 4.74 Å². The van der Waals surface area contributed by atoms with Crippen molar-refractivity contribution >= 4 is 5.97 Å². The van der Waals surface area contributed by atoms with Crippen LogP contribution in [0.15, 0.2) is 0 Å². The van der Waals surface area contributed by atoms with Crippen LogP contribution in [0.25, 0.3) is 0 Å². The molecule has 1 saturated carbocycles. The fourth-order valence-corrected chi connectivity index (χ4v) is 2.19. The van der Waals surface area contributed by atoms with Gasteiger partial charge in [-0.3, -0.25) is 4.79 Å². The predicted octanol–water partition coefficient (Wildman–Crippen LogP) is 0.173. The summed E-state index contributed by atoms with van der Waals surface area (Å²) in [4.78, 5) is 11.3. The van der Waals surface area contributed by atoms with Crippen LogP contribution >= 0.6 is 0 Å². The molecule has 1 rings (SSSR count). The number of ether oxygens (including phenoxy) is 1. The maximum Gasteiger partial charge on any atom is 0.309 e. The first-order valence-corrected chi connectivity index (χ1v) is 4.78. The quantitative estimate of drug-likeness (QED) is 0.640. The topological polar surface area (TPSA) is 66.8 Å². The summed E-state index contributed by atoms with van der Waals surface area (Å²) in [5.74, 6) is -0.799. The SMILES string of the molecule is COC(=O)C1C(C(O)C(C)O)C1(C)C. The molecule has 14 heavy (non-hydrogen) atoms. The van der Waals surface area contributed by atoms with Gasteiger partial charge in [-0.25, -0.2) is 0 Å². The van der Waals surface area contributed by atoms with Gasteiger partial charge in [0, 0.05) is 5.92 Å². The van der Waals surface area contributed by atoms with Crippen LogP contribution in [-0.2, 0) is 9.53 Å². The van der Waals surface area contributed by atoms with Crippen LogP contribution in [0, 0.1) is 17.3 Å². The molecular weight excluding hydrogens is 184 g/mol. The zero-order chi connectivity index (χ0) is 11.1. The van der Waals surface area contributed by atoms with E-state index in [1.165, 1.54) is 14.0 Å². The van der Waals surface area contributed by atoms with Crippen LogP contribution in [-0.4, -0.2) is 35.5 Å². The predicted molar refractivity (Wildman–Crippen MR) is 50.5 cm³/mol. The highest BCUT2D eigenvalue weighted by Crippen LogP contribution is 2.60. The lowest BCUT2D eigenvalue weighted by Gasteiger charge is -2.14. The minimum absolute atomic E-state index is 0.199. The Morgan fingerprint density at radius 1 is 1.43 bits per heavy atom. The molecule has 0 aliphatic heterocycles. The number of hydrogen-bond donors (Lipinski definition) is 2. The van der Waals surface area contributed by atoms with Crippen LogP contribution in [0.1, 0.15) is 20.8 Å². The molecule has 4 nitrogen and oxygen atoms in total. The molecule has 0 bridgehead atoms. The van der Waals surface area contributed by atoms with E-state index in [1.807, 2.05) is 13.8 Å². The standard InChI is InChI=1S/C10H18O4/c1-5(11)8(12)6-7(9(13)14-4)10(6,2)3/h5-8,11-12H,1-4H3. The number of methoxy groups -OCH3 is 1. The summed E-state index contributed by atoms with van der Waals surface area (Å²) < 4.78 is 4.64. The third-order valence-corrected chi connectivity index (χ3v) is 3.23. The Hall–Kier alpha value is -0.610. The van der Waals surface area contributed by atoms with Crippen LogP contribution in [0.5, 0.6) is 0 Å². The van der Waals surface area contributed by atoms with E-state index in [-0.39, 0.29) is 23.2 Å². The van der Waals surface area contributed by atoms with Gasteiger partial charge in [0.05, 0.1) is 25.2 Å². The molecule has 4 atom stereocenters. The van der Waals surface area contributed by atoms with Gasteiger partial charge < -0.3 is 14.9 Å². The molecule has 4 heteroatoms. The van der Waals surface area contributed by atoms with Crippen molar-refractivity contribution in [2.24, 2.45) is 17.3 Å². The largest absolute Gasteiger partial charge is 0.469 e. The first kappa shape index (κ1) is 11.5. The van der Waals surface area contributed by atoms with E-state index in [0.717, 1.165) is 0 Å². The lowest BCUT2D eigenvalue weighted by Crippen LogP contribution is -2.27. The molecule has 0 radical (unpaired) electrons. The number of rotatable bonds is 3. The highest BCUT2D eigenvalue weighted by Gasteiger charge is 2.65. The highest BCUT2D eigenvalue weighted by molar-refractivity contribution is 5.77. The molecule has 1 aliphatic carbocycles. The van der Waals surface area contributed by atoms with Crippen molar-refractivity contribution < 1.29 is 19.7 Å². The zero-order valence-corrected chi connectivity index (χ0v) is 9.02. The van der Waals surface area contributed by atoms with Gasteiger partial charge in [0.15, 0.2) is 0 Å². The Balaban J connectivity index is 2.70. The molecule has 4 unspecified atom stereocenters. The van der Waals surface area contributed by atoms with Gasteiger partial charge in [-0.2, -0.15) is 0 Å². The summed E-state index contributed by atoms with van der Waals surface area (Å²) in [7, 11) is 1.34. The van der Waals surface area contributed by atoms with Crippen LogP contribution < -0.4 is 0 Å². The van der Waals surface area contributed by atoms with Gasteiger partial charge in [0.25, 0.3) is 0 Å². The number of esters is 1. The van der Waals surface area contributed by atoms with Crippen molar-refractivity contribution in [1.82, 2.24) is 0 Å². The normalized spacial score (nSPS) is 33.3. The van der Waals surface area contributed by atoms with E-state index in [0.29, 0.717) is 0 Å². The average Bonchev–Trinajstić information content (AvgIpc) is 2.66. The summed E-state index contributed by atoms with van der Waals surface area (Å²) in [6.45, 7) is 5.31. The summed E-state index contributed by atoms with van der Waals surface area (Å²) in [6.07, 6.45) is -1.66. The Morgan fingerprint density at radius 3 is 2.29 bits per heavy atom. The molecule has 2 N–H and O–H groups in total. The summed E-state index contributed by atoms with van der Waals surface area (Å²) in [6, 6.07) is 0. The second-order valence-corrected chi connectivity index (χ2v) is 4.58. The van der Waals surface area contributed by atoms with Gasteiger partial charge >= 0.3 is 5.97 Å². The summed E-state index contributed by atoms with van der Waals surface area (Å²) in [5.41, 5.74) is -0.274. The van der Waals surface area contributed by atoms with E-state index in [9.17, 15) is 15.0 Å². The fraction of sp³-hybridized carbons (Fsp3) is 0.900. The van der Waals surface area contributed by atoms with Crippen LogP contribution in [0.3, 0.4) is 0 Å². The molecule has 0 aromatic rings. The number of aliphatic hydroxyl groups is 2. The molecule has 0 aromatic heterocycles. The van der Waals surface area contributed by atoms with Crippen molar-refractivity contribution in [1.29, 1.82) is 0 Å². The minimum Gasteiger partial charge on any atom is -0.469 e. The first-order chi connectivity index (χ1) is 6.34. The van der Waals surface area contributed by atoms with E-state index >= 15 is 0 Å². The molecule has 82 valence electrons. The maximum atomic E-state index is 11.3. The van der Waals surface area contributed by atoms with Gasteiger partial charge in [-0.1, -0.05) is 13.8 Å².